The highest BCUT2D eigenvalue weighted by Gasteiger charge is 2.28. The number of nitrogens with zero attached hydrogens (tertiary/aromatic N) is 2. The third kappa shape index (κ3) is 3.27. The summed E-state index contributed by atoms with van der Waals surface area (Å²) < 4.78 is 25.7. The number of aromatic nitrogens is 2. The standard InChI is InChI=1S/C10H19N3O3S/c1-10(2,3)7-13(4)17(15,16)9-8(6-14)5-11-12-9/h5,14H,6-7H2,1-4H3,(H,11,12). The minimum atomic E-state index is -3.62. The molecule has 17 heavy (non-hydrogen) atoms. The van der Waals surface area contributed by atoms with Crippen LogP contribution in [0.25, 0.3) is 0 Å². The van der Waals surface area contributed by atoms with Gasteiger partial charge in [0.1, 0.15) is 0 Å². The van der Waals surface area contributed by atoms with Gasteiger partial charge in [-0.3, -0.25) is 5.10 Å². The van der Waals surface area contributed by atoms with Crippen LogP contribution in [0.2, 0.25) is 0 Å². The molecule has 0 radical (unpaired) electrons. The normalized spacial score (nSPS) is 13.3. The van der Waals surface area contributed by atoms with Crippen LogP contribution in [-0.4, -0.2) is 41.6 Å². The van der Waals surface area contributed by atoms with Crippen molar-refractivity contribution in [3.63, 3.8) is 0 Å². The molecule has 2 N–H and O–H groups in total. The molecule has 0 unspecified atom stereocenters. The van der Waals surface area contributed by atoms with Gasteiger partial charge in [0.2, 0.25) is 0 Å². The first kappa shape index (κ1) is 14.1. The molecular formula is C10H19N3O3S. The summed E-state index contributed by atoms with van der Waals surface area (Å²) in [6, 6.07) is 0. The van der Waals surface area contributed by atoms with Crippen LogP contribution in [-0.2, 0) is 16.6 Å². The number of aliphatic hydroxyl groups excluding tert-OH is 1. The Morgan fingerprint density at radius 2 is 2.06 bits per heavy atom. The summed E-state index contributed by atoms with van der Waals surface area (Å²) in [6.45, 7) is 5.91. The minimum absolute atomic E-state index is 0.0354. The summed E-state index contributed by atoms with van der Waals surface area (Å²) in [6.07, 6.45) is 1.32. The molecule has 1 aromatic heterocycles. The van der Waals surface area contributed by atoms with Crippen molar-refractivity contribution in [2.45, 2.75) is 32.4 Å². The zero-order chi connectivity index (χ0) is 13.3. The number of rotatable bonds is 4. The van der Waals surface area contributed by atoms with Gasteiger partial charge in [-0.2, -0.15) is 9.40 Å². The fraction of sp³-hybridized carbons (Fsp3) is 0.700. The summed E-state index contributed by atoms with van der Waals surface area (Å²) in [5, 5.41) is 15.1. The van der Waals surface area contributed by atoms with Crippen molar-refractivity contribution in [3.05, 3.63) is 11.8 Å². The second kappa shape index (κ2) is 4.75. The van der Waals surface area contributed by atoms with Crippen LogP contribution in [0.15, 0.2) is 11.2 Å². The number of aliphatic hydroxyl groups is 1. The third-order valence-electron chi connectivity index (χ3n) is 2.21. The van der Waals surface area contributed by atoms with Crippen LogP contribution in [0.1, 0.15) is 26.3 Å². The fourth-order valence-electron chi connectivity index (χ4n) is 1.54. The lowest BCUT2D eigenvalue weighted by atomic mass is 9.97. The number of hydrogen-bond donors (Lipinski definition) is 2. The highest BCUT2D eigenvalue weighted by Crippen LogP contribution is 2.21. The average Bonchev–Trinajstić information content (AvgIpc) is 2.62. The van der Waals surface area contributed by atoms with E-state index in [2.05, 4.69) is 10.2 Å². The lowest BCUT2D eigenvalue weighted by molar-refractivity contribution is 0.277. The van der Waals surface area contributed by atoms with Gasteiger partial charge >= 0.3 is 0 Å². The van der Waals surface area contributed by atoms with Gasteiger partial charge in [-0.1, -0.05) is 20.8 Å². The minimum Gasteiger partial charge on any atom is -0.392 e. The maximum Gasteiger partial charge on any atom is 0.260 e. The van der Waals surface area contributed by atoms with E-state index in [9.17, 15) is 8.42 Å². The average molecular weight is 261 g/mol. The lowest BCUT2D eigenvalue weighted by Crippen LogP contribution is -2.35. The van der Waals surface area contributed by atoms with E-state index in [4.69, 9.17) is 5.11 Å². The van der Waals surface area contributed by atoms with Crippen molar-refractivity contribution in [2.24, 2.45) is 5.41 Å². The summed E-state index contributed by atoms with van der Waals surface area (Å²) in [5.74, 6) is 0. The molecule has 0 saturated carbocycles. The van der Waals surface area contributed by atoms with E-state index >= 15 is 0 Å². The summed E-state index contributed by atoms with van der Waals surface area (Å²) in [4.78, 5) is 0. The number of aromatic amines is 1. The summed E-state index contributed by atoms with van der Waals surface area (Å²) in [7, 11) is -2.10. The van der Waals surface area contributed by atoms with Gasteiger partial charge in [0, 0.05) is 19.2 Å². The van der Waals surface area contributed by atoms with Crippen molar-refractivity contribution in [3.8, 4) is 0 Å². The zero-order valence-corrected chi connectivity index (χ0v) is 11.4. The van der Waals surface area contributed by atoms with Crippen molar-refractivity contribution in [1.82, 2.24) is 14.5 Å². The van der Waals surface area contributed by atoms with E-state index in [0.717, 1.165) is 0 Å². The van der Waals surface area contributed by atoms with Gasteiger partial charge in [0.25, 0.3) is 10.0 Å². The first-order valence-corrected chi connectivity index (χ1v) is 6.72. The van der Waals surface area contributed by atoms with Crippen LogP contribution in [0, 0.1) is 5.41 Å². The van der Waals surface area contributed by atoms with Gasteiger partial charge in [-0.25, -0.2) is 8.42 Å². The molecule has 0 aliphatic carbocycles. The Labute approximate surface area is 102 Å². The van der Waals surface area contributed by atoms with Crippen LogP contribution in [0.4, 0.5) is 0 Å². The molecule has 0 saturated heterocycles. The second-order valence-corrected chi connectivity index (χ2v) is 7.19. The molecule has 0 amide bonds. The number of sulfonamides is 1. The van der Waals surface area contributed by atoms with Crippen molar-refractivity contribution in [1.29, 1.82) is 0 Å². The first-order valence-electron chi connectivity index (χ1n) is 5.28. The smallest absolute Gasteiger partial charge is 0.260 e. The van der Waals surface area contributed by atoms with E-state index < -0.39 is 10.0 Å². The number of nitrogens with one attached hydrogen (secondary N) is 1. The number of H-pyrrole nitrogens is 1. The van der Waals surface area contributed by atoms with Gasteiger partial charge in [0.05, 0.1) is 12.8 Å². The molecule has 0 spiro atoms. The predicted octanol–water partition coefficient (Wildman–Crippen LogP) is 0.569. The van der Waals surface area contributed by atoms with Gasteiger partial charge < -0.3 is 5.11 Å². The Balaban J connectivity index is 3.04. The topological polar surface area (TPSA) is 86.3 Å². The molecular weight excluding hydrogens is 242 g/mol. The highest BCUT2D eigenvalue weighted by atomic mass is 32.2. The monoisotopic (exact) mass is 261 g/mol. The quantitative estimate of drug-likeness (QED) is 0.829. The van der Waals surface area contributed by atoms with Crippen molar-refractivity contribution >= 4 is 10.0 Å². The van der Waals surface area contributed by atoms with Gasteiger partial charge in [-0.15, -0.1) is 0 Å². The maximum atomic E-state index is 12.2. The Kier molecular flexibility index (Phi) is 3.95. The molecule has 1 rings (SSSR count). The van der Waals surface area contributed by atoms with E-state index in [1.807, 2.05) is 20.8 Å². The molecule has 6 nitrogen and oxygen atoms in total. The van der Waals surface area contributed by atoms with E-state index in [-0.39, 0.29) is 22.6 Å². The Bertz CT molecular complexity index is 473. The van der Waals surface area contributed by atoms with Crippen LogP contribution in [0.5, 0.6) is 0 Å². The molecule has 0 fully saturated rings. The summed E-state index contributed by atoms with van der Waals surface area (Å²) >= 11 is 0. The molecule has 0 aliphatic rings. The highest BCUT2D eigenvalue weighted by molar-refractivity contribution is 7.89. The molecule has 0 bridgehead atoms. The molecule has 1 heterocycles. The third-order valence-corrected chi connectivity index (χ3v) is 4.03. The van der Waals surface area contributed by atoms with Gasteiger partial charge in [-0.05, 0) is 5.41 Å². The van der Waals surface area contributed by atoms with Crippen LogP contribution >= 0.6 is 0 Å². The van der Waals surface area contributed by atoms with Crippen LogP contribution < -0.4 is 0 Å². The van der Waals surface area contributed by atoms with E-state index in [1.165, 1.54) is 17.5 Å². The lowest BCUT2D eigenvalue weighted by Gasteiger charge is -2.25. The Hall–Kier alpha value is -0.920. The van der Waals surface area contributed by atoms with E-state index in [1.54, 1.807) is 0 Å². The van der Waals surface area contributed by atoms with Crippen molar-refractivity contribution in [2.75, 3.05) is 13.6 Å². The zero-order valence-electron chi connectivity index (χ0n) is 10.6. The first-order chi connectivity index (χ1) is 7.68. The molecule has 0 atom stereocenters. The molecule has 98 valence electrons. The predicted molar refractivity (Wildman–Crippen MR) is 63.8 cm³/mol. The Morgan fingerprint density at radius 1 is 1.47 bits per heavy atom. The largest absolute Gasteiger partial charge is 0.392 e. The van der Waals surface area contributed by atoms with E-state index in [0.29, 0.717) is 6.54 Å². The maximum absolute atomic E-state index is 12.2. The molecule has 0 aliphatic heterocycles. The Morgan fingerprint density at radius 3 is 2.53 bits per heavy atom. The summed E-state index contributed by atoms with van der Waals surface area (Å²) in [5.41, 5.74) is 0.145. The fourth-order valence-corrected chi connectivity index (χ4v) is 3.03. The van der Waals surface area contributed by atoms with Crippen molar-refractivity contribution < 1.29 is 13.5 Å². The molecule has 7 heteroatoms. The van der Waals surface area contributed by atoms with Crippen LogP contribution in [0.3, 0.4) is 0 Å². The number of hydrogen-bond acceptors (Lipinski definition) is 4. The van der Waals surface area contributed by atoms with Gasteiger partial charge in [0.15, 0.2) is 5.03 Å². The molecule has 0 aromatic carbocycles. The SMILES string of the molecule is CN(CC(C)(C)C)S(=O)(=O)c1[nH]ncc1CO. The second-order valence-electron chi connectivity index (χ2n) is 5.20. The molecule has 1 aromatic rings.